The fourth-order valence-corrected chi connectivity index (χ4v) is 4.18. The highest BCUT2D eigenvalue weighted by atomic mass is 32.2. The van der Waals surface area contributed by atoms with E-state index in [1.807, 2.05) is 65.8 Å². The number of hydrogen-bond donors (Lipinski definition) is 1. The average Bonchev–Trinajstić information content (AvgIpc) is 3.56. The second-order valence-electron chi connectivity index (χ2n) is 7.71. The van der Waals surface area contributed by atoms with E-state index in [0.717, 1.165) is 16.1 Å². The molecule has 0 aliphatic heterocycles. The number of carbonyl (C=O) groups is 1. The zero-order valence-corrected chi connectivity index (χ0v) is 19.1. The lowest BCUT2D eigenvalue weighted by Crippen LogP contribution is -2.11. The van der Waals surface area contributed by atoms with Crippen molar-refractivity contribution in [2.24, 2.45) is 5.73 Å². The second kappa shape index (κ2) is 8.21. The number of carbonyl (C=O) groups excluding carboxylic acids is 1. The van der Waals surface area contributed by atoms with Crippen molar-refractivity contribution in [3.05, 3.63) is 61.0 Å². The third-order valence-electron chi connectivity index (χ3n) is 5.33. The van der Waals surface area contributed by atoms with Crippen molar-refractivity contribution in [1.82, 2.24) is 29.3 Å². The van der Waals surface area contributed by atoms with Gasteiger partial charge < -0.3 is 19.3 Å². The van der Waals surface area contributed by atoms with E-state index in [-0.39, 0.29) is 11.8 Å². The Morgan fingerprint density at radius 3 is 2.64 bits per heavy atom. The van der Waals surface area contributed by atoms with Crippen LogP contribution in [0.15, 0.2) is 64.7 Å². The van der Waals surface area contributed by atoms with Crippen molar-refractivity contribution in [1.29, 1.82) is 0 Å². The van der Waals surface area contributed by atoms with Gasteiger partial charge in [-0.2, -0.15) is 0 Å². The Hall–Kier alpha value is -3.92. The molecule has 0 saturated carbocycles. The summed E-state index contributed by atoms with van der Waals surface area (Å²) >= 11 is 1.55. The number of nitrogens with zero attached hydrogens (tertiary/aromatic N) is 6. The van der Waals surface area contributed by atoms with Crippen LogP contribution >= 0.6 is 11.8 Å². The number of benzene rings is 1. The third-order valence-corrected chi connectivity index (χ3v) is 5.96. The molecule has 0 unspecified atom stereocenters. The standard InChI is InChI=1S/C23H21N7O2S/c1-13(2)30-12-26-28-23(30)15-7-4-6-14(27-15)19-20-16(29-10-18(33-3)25-11-29)8-5-9-17(20)32-21(19)22(24)31/h4-13H,1-3H3,(H2,24,31). The first-order chi connectivity index (χ1) is 16.0. The van der Waals surface area contributed by atoms with Crippen LogP contribution in [0.25, 0.3) is 39.4 Å². The molecule has 1 aromatic carbocycles. The molecule has 4 aromatic heterocycles. The number of fused-ring (bicyclic) bond motifs is 1. The molecule has 9 nitrogen and oxygen atoms in total. The normalized spacial score (nSPS) is 11.5. The third kappa shape index (κ3) is 3.58. The fraction of sp³-hybridized carbons (Fsp3) is 0.174. The van der Waals surface area contributed by atoms with E-state index in [0.29, 0.717) is 28.4 Å². The van der Waals surface area contributed by atoms with Gasteiger partial charge in [0.05, 0.1) is 22.3 Å². The number of furan rings is 1. The Morgan fingerprint density at radius 1 is 1.12 bits per heavy atom. The molecule has 0 bridgehead atoms. The van der Waals surface area contributed by atoms with Crippen LogP contribution in [0.5, 0.6) is 0 Å². The molecule has 0 spiro atoms. The van der Waals surface area contributed by atoms with Gasteiger partial charge in [0.1, 0.15) is 29.0 Å². The minimum absolute atomic E-state index is 0.0534. The molecule has 10 heteroatoms. The molecule has 2 N–H and O–H groups in total. The van der Waals surface area contributed by atoms with Gasteiger partial charge in [-0.1, -0.05) is 12.1 Å². The van der Waals surface area contributed by atoms with E-state index in [4.69, 9.17) is 15.1 Å². The van der Waals surface area contributed by atoms with Crippen LogP contribution in [-0.2, 0) is 0 Å². The minimum atomic E-state index is -0.667. The summed E-state index contributed by atoms with van der Waals surface area (Å²) in [5.41, 5.74) is 8.78. The number of primary amides is 1. The maximum absolute atomic E-state index is 12.4. The quantitative estimate of drug-likeness (QED) is 0.375. The monoisotopic (exact) mass is 459 g/mol. The molecule has 0 radical (unpaired) electrons. The summed E-state index contributed by atoms with van der Waals surface area (Å²) in [5.74, 6) is 0.0255. The molecular weight excluding hydrogens is 438 g/mol. The molecule has 5 aromatic rings. The summed E-state index contributed by atoms with van der Waals surface area (Å²) in [7, 11) is 0. The van der Waals surface area contributed by atoms with Gasteiger partial charge in [0.25, 0.3) is 5.91 Å². The van der Waals surface area contributed by atoms with E-state index in [2.05, 4.69) is 15.2 Å². The molecule has 0 aliphatic rings. The highest BCUT2D eigenvalue weighted by Crippen LogP contribution is 2.38. The minimum Gasteiger partial charge on any atom is -0.450 e. The molecule has 166 valence electrons. The first kappa shape index (κ1) is 21.0. The Morgan fingerprint density at radius 2 is 1.91 bits per heavy atom. The van der Waals surface area contributed by atoms with E-state index >= 15 is 0 Å². The summed E-state index contributed by atoms with van der Waals surface area (Å²) in [5, 5.41) is 9.89. The summed E-state index contributed by atoms with van der Waals surface area (Å²) < 4.78 is 9.76. The number of nitrogens with two attached hydrogens (primary N) is 1. The zero-order chi connectivity index (χ0) is 23.1. The number of aromatic nitrogens is 6. The largest absolute Gasteiger partial charge is 0.450 e. The van der Waals surface area contributed by atoms with Crippen LogP contribution in [0.3, 0.4) is 0 Å². The highest BCUT2D eigenvalue weighted by molar-refractivity contribution is 7.98. The Bertz CT molecular complexity index is 1480. The van der Waals surface area contributed by atoms with Crippen LogP contribution < -0.4 is 5.73 Å². The van der Waals surface area contributed by atoms with Crippen molar-refractivity contribution in [2.45, 2.75) is 24.9 Å². The molecule has 5 rings (SSSR count). The second-order valence-corrected chi connectivity index (χ2v) is 8.53. The van der Waals surface area contributed by atoms with Gasteiger partial charge in [-0.05, 0) is 44.4 Å². The maximum atomic E-state index is 12.4. The summed E-state index contributed by atoms with van der Waals surface area (Å²) in [6.07, 6.45) is 7.30. The molecule has 33 heavy (non-hydrogen) atoms. The predicted octanol–water partition coefficient (Wildman–Crippen LogP) is 4.34. The van der Waals surface area contributed by atoms with Gasteiger partial charge in [-0.15, -0.1) is 22.0 Å². The average molecular weight is 460 g/mol. The van der Waals surface area contributed by atoms with Crippen molar-refractivity contribution in [3.8, 4) is 28.5 Å². The van der Waals surface area contributed by atoms with Crippen LogP contribution in [0.2, 0.25) is 0 Å². The van der Waals surface area contributed by atoms with E-state index in [1.54, 1.807) is 30.5 Å². The molecule has 4 heterocycles. The molecule has 0 aliphatic carbocycles. The number of rotatable bonds is 6. The first-order valence-electron chi connectivity index (χ1n) is 10.3. The van der Waals surface area contributed by atoms with Crippen molar-refractivity contribution in [3.63, 3.8) is 0 Å². The summed E-state index contributed by atoms with van der Waals surface area (Å²) in [6, 6.07) is 11.3. The maximum Gasteiger partial charge on any atom is 0.285 e. The molecule has 0 atom stereocenters. The molecular formula is C23H21N7O2S. The lowest BCUT2D eigenvalue weighted by atomic mass is 10.0. The molecule has 1 amide bonds. The number of imidazole rings is 1. The number of pyridine rings is 1. The van der Waals surface area contributed by atoms with E-state index < -0.39 is 5.91 Å². The van der Waals surface area contributed by atoms with Crippen LogP contribution in [-0.4, -0.2) is 41.5 Å². The Kier molecular flexibility index (Phi) is 5.21. The van der Waals surface area contributed by atoms with Crippen LogP contribution in [0, 0.1) is 0 Å². The van der Waals surface area contributed by atoms with Gasteiger partial charge in [-0.3, -0.25) is 4.79 Å². The van der Waals surface area contributed by atoms with Crippen molar-refractivity contribution >= 4 is 28.6 Å². The van der Waals surface area contributed by atoms with Crippen LogP contribution in [0.4, 0.5) is 0 Å². The predicted molar refractivity (Wildman–Crippen MR) is 126 cm³/mol. The van der Waals surface area contributed by atoms with E-state index in [1.165, 1.54) is 0 Å². The van der Waals surface area contributed by atoms with Gasteiger partial charge in [0.2, 0.25) is 5.76 Å². The zero-order valence-electron chi connectivity index (χ0n) is 18.3. The molecule has 0 fully saturated rings. The smallest absolute Gasteiger partial charge is 0.285 e. The lowest BCUT2D eigenvalue weighted by molar-refractivity contribution is 0.0977. The Balaban J connectivity index is 1.77. The van der Waals surface area contributed by atoms with Gasteiger partial charge in [0, 0.05) is 12.2 Å². The van der Waals surface area contributed by atoms with Crippen molar-refractivity contribution < 1.29 is 9.21 Å². The first-order valence-corrected chi connectivity index (χ1v) is 11.5. The van der Waals surface area contributed by atoms with Crippen molar-refractivity contribution in [2.75, 3.05) is 6.26 Å². The summed E-state index contributed by atoms with van der Waals surface area (Å²) in [4.78, 5) is 21.6. The topological polar surface area (TPSA) is 118 Å². The van der Waals surface area contributed by atoms with E-state index in [9.17, 15) is 4.79 Å². The van der Waals surface area contributed by atoms with Gasteiger partial charge >= 0.3 is 0 Å². The number of hydrogen-bond acceptors (Lipinski definition) is 7. The summed E-state index contributed by atoms with van der Waals surface area (Å²) in [6.45, 7) is 4.09. The fourth-order valence-electron chi connectivity index (χ4n) is 3.81. The number of thioether (sulfide) groups is 1. The van der Waals surface area contributed by atoms with Gasteiger partial charge in [-0.25, -0.2) is 9.97 Å². The highest BCUT2D eigenvalue weighted by Gasteiger charge is 2.24. The van der Waals surface area contributed by atoms with Gasteiger partial charge in [0.15, 0.2) is 5.82 Å². The Labute approximate surface area is 193 Å². The van der Waals surface area contributed by atoms with Crippen LogP contribution in [0.1, 0.15) is 30.4 Å². The molecule has 0 saturated heterocycles. The lowest BCUT2D eigenvalue weighted by Gasteiger charge is -2.11. The number of amides is 1. The SMILES string of the molecule is CSc1cn(-c2cccc3oc(C(N)=O)c(-c4cccc(-c5nncn5C(C)C)n4)c23)cn1.